The number of aliphatic hydroxyl groups excluding tert-OH is 1. The van der Waals surface area contributed by atoms with Gasteiger partial charge in [0.1, 0.15) is 0 Å². The van der Waals surface area contributed by atoms with Crippen molar-refractivity contribution in [1.29, 1.82) is 0 Å². The smallest absolute Gasteiger partial charge is 0.224 e. The van der Waals surface area contributed by atoms with Crippen molar-refractivity contribution in [3.63, 3.8) is 0 Å². The fourth-order valence-corrected chi connectivity index (χ4v) is 1.91. The van der Waals surface area contributed by atoms with Crippen molar-refractivity contribution in [3.05, 3.63) is 17.0 Å². The molecule has 0 fully saturated rings. The van der Waals surface area contributed by atoms with E-state index < -0.39 is 0 Å². The zero-order valence-corrected chi connectivity index (χ0v) is 11.8. The van der Waals surface area contributed by atoms with Crippen molar-refractivity contribution < 1.29 is 9.90 Å². The van der Waals surface area contributed by atoms with Crippen LogP contribution in [0.1, 0.15) is 30.8 Å². The molecule has 1 amide bonds. The van der Waals surface area contributed by atoms with Crippen molar-refractivity contribution in [2.45, 2.75) is 40.2 Å². The van der Waals surface area contributed by atoms with Crippen LogP contribution in [0.3, 0.4) is 0 Å². The molecule has 0 aromatic carbocycles. The van der Waals surface area contributed by atoms with Gasteiger partial charge in [0.25, 0.3) is 0 Å². The summed E-state index contributed by atoms with van der Waals surface area (Å²) in [5, 5.41) is 16.3. The van der Waals surface area contributed by atoms with Gasteiger partial charge < -0.3 is 10.4 Å². The van der Waals surface area contributed by atoms with E-state index in [0.29, 0.717) is 6.42 Å². The predicted octanol–water partition coefficient (Wildman–Crippen LogP) is 0.713. The third-order valence-corrected chi connectivity index (χ3v) is 3.34. The van der Waals surface area contributed by atoms with Crippen LogP contribution in [-0.2, 0) is 18.3 Å². The van der Waals surface area contributed by atoms with Crippen LogP contribution in [-0.4, -0.2) is 33.4 Å². The summed E-state index contributed by atoms with van der Waals surface area (Å²) in [6.07, 6.45) is 0.314. The molecule has 2 N–H and O–H groups in total. The largest absolute Gasteiger partial charge is 0.394 e. The zero-order valence-electron chi connectivity index (χ0n) is 11.8. The molecule has 1 aromatic rings. The fourth-order valence-electron chi connectivity index (χ4n) is 1.91. The summed E-state index contributed by atoms with van der Waals surface area (Å²) in [7, 11) is 1.87. The molecule has 5 nitrogen and oxygen atoms in total. The lowest BCUT2D eigenvalue weighted by atomic mass is 10.0. The second kappa shape index (κ2) is 6.00. The molecule has 1 aromatic heterocycles. The Labute approximate surface area is 108 Å². The van der Waals surface area contributed by atoms with Crippen LogP contribution >= 0.6 is 0 Å². The third kappa shape index (κ3) is 3.32. The first-order chi connectivity index (χ1) is 8.36. The van der Waals surface area contributed by atoms with Crippen LogP contribution in [0.4, 0.5) is 0 Å². The highest BCUT2D eigenvalue weighted by atomic mass is 16.3. The molecule has 1 heterocycles. The number of nitrogens with one attached hydrogen (secondary N) is 1. The van der Waals surface area contributed by atoms with E-state index in [2.05, 4.69) is 10.4 Å². The number of amides is 1. The Morgan fingerprint density at radius 3 is 2.44 bits per heavy atom. The number of carbonyl (C=O) groups excluding carboxylic acids is 1. The molecule has 0 aliphatic heterocycles. The number of hydrogen-bond acceptors (Lipinski definition) is 3. The van der Waals surface area contributed by atoms with Crippen LogP contribution in [0.25, 0.3) is 0 Å². The number of aliphatic hydroxyl groups is 1. The van der Waals surface area contributed by atoms with Gasteiger partial charge in [-0.15, -0.1) is 0 Å². The minimum absolute atomic E-state index is 0.0333. The SMILES string of the molecule is Cc1nn(C)c(C)c1CC(=O)NC(CO)C(C)C. The van der Waals surface area contributed by atoms with E-state index in [1.807, 2.05) is 34.7 Å². The summed E-state index contributed by atoms with van der Waals surface area (Å²) < 4.78 is 1.78. The summed E-state index contributed by atoms with van der Waals surface area (Å²) in [5.74, 6) is 0.150. The molecule has 1 unspecified atom stereocenters. The second-order valence-electron chi connectivity index (χ2n) is 5.05. The number of aryl methyl sites for hydroxylation is 2. The van der Waals surface area contributed by atoms with Crippen LogP contribution in [0.5, 0.6) is 0 Å². The maximum absolute atomic E-state index is 11.9. The summed E-state index contributed by atoms with van der Waals surface area (Å²) in [4.78, 5) is 11.9. The Hall–Kier alpha value is -1.36. The molecule has 0 aliphatic rings. The summed E-state index contributed by atoms with van der Waals surface area (Å²) >= 11 is 0. The van der Waals surface area contributed by atoms with Gasteiger partial charge in [0.2, 0.25) is 5.91 Å². The highest BCUT2D eigenvalue weighted by molar-refractivity contribution is 5.79. The Bertz CT molecular complexity index is 424. The van der Waals surface area contributed by atoms with Crippen molar-refractivity contribution >= 4 is 5.91 Å². The monoisotopic (exact) mass is 253 g/mol. The van der Waals surface area contributed by atoms with Crippen molar-refractivity contribution in [3.8, 4) is 0 Å². The van der Waals surface area contributed by atoms with Gasteiger partial charge in [-0.3, -0.25) is 9.48 Å². The number of nitrogens with zero attached hydrogens (tertiary/aromatic N) is 2. The summed E-state index contributed by atoms with van der Waals surface area (Å²) in [5.41, 5.74) is 2.86. The molecular weight excluding hydrogens is 230 g/mol. The Kier molecular flexibility index (Phi) is 4.90. The molecule has 1 atom stereocenters. The van der Waals surface area contributed by atoms with Gasteiger partial charge in [-0.25, -0.2) is 0 Å². The van der Waals surface area contributed by atoms with Gasteiger partial charge in [-0.2, -0.15) is 5.10 Å². The fraction of sp³-hybridized carbons (Fsp3) is 0.692. The third-order valence-electron chi connectivity index (χ3n) is 3.34. The first-order valence-electron chi connectivity index (χ1n) is 6.26. The Balaban J connectivity index is 2.70. The molecule has 0 saturated heterocycles. The number of rotatable bonds is 5. The molecule has 0 radical (unpaired) electrons. The maximum Gasteiger partial charge on any atom is 0.224 e. The van der Waals surface area contributed by atoms with Crippen LogP contribution in [0.15, 0.2) is 0 Å². The number of aromatic nitrogens is 2. The molecule has 0 spiro atoms. The van der Waals surface area contributed by atoms with Crippen LogP contribution in [0, 0.1) is 19.8 Å². The molecule has 18 heavy (non-hydrogen) atoms. The average molecular weight is 253 g/mol. The van der Waals surface area contributed by atoms with Crippen LogP contribution < -0.4 is 5.32 Å². The second-order valence-corrected chi connectivity index (χ2v) is 5.05. The summed E-state index contributed by atoms with van der Waals surface area (Å²) in [6, 6.07) is -0.185. The number of hydrogen-bond donors (Lipinski definition) is 2. The van der Waals surface area contributed by atoms with Gasteiger partial charge >= 0.3 is 0 Å². The van der Waals surface area contributed by atoms with Gasteiger partial charge in [0.15, 0.2) is 0 Å². The van der Waals surface area contributed by atoms with Crippen molar-refractivity contribution in [2.75, 3.05) is 6.61 Å². The Morgan fingerprint density at radius 2 is 2.06 bits per heavy atom. The topological polar surface area (TPSA) is 67.2 Å². The number of carbonyl (C=O) groups is 1. The van der Waals surface area contributed by atoms with Crippen molar-refractivity contribution in [2.24, 2.45) is 13.0 Å². The molecule has 0 saturated carbocycles. The molecule has 1 rings (SSSR count). The van der Waals surface area contributed by atoms with E-state index in [9.17, 15) is 9.90 Å². The highest BCUT2D eigenvalue weighted by Crippen LogP contribution is 2.12. The lowest BCUT2D eigenvalue weighted by molar-refractivity contribution is -0.121. The standard InChI is InChI=1S/C13H23N3O2/c1-8(2)12(7-17)14-13(18)6-11-9(3)15-16(5)10(11)4/h8,12,17H,6-7H2,1-5H3,(H,14,18). The zero-order chi connectivity index (χ0) is 13.9. The minimum Gasteiger partial charge on any atom is -0.394 e. The normalized spacial score (nSPS) is 12.8. The molecule has 5 heteroatoms. The predicted molar refractivity (Wildman–Crippen MR) is 70.2 cm³/mol. The van der Waals surface area contributed by atoms with Gasteiger partial charge in [-0.05, 0) is 19.8 Å². The van der Waals surface area contributed by atoms with E-state index in [1.54, 1.807) is 4.68 Å². The van der Waals surface area contributed by atoms with Crippen molar-refractivity contribution in [1.82, 2.24) is 15.1 Å². The minimum atomic E-state index is -0.185. The van der Waals surface area contributed by atoms with E-state index in [-0.39, 0.29) is 24.5 Å². The quantitative estimate of drug-likeness (QED) is 0.812. The lowest BCUT2D eigenvalue weighted by Crippen LogP contribution is -2.41. The molecule has 0 bridgehead atoms. The molecule has 102 valence electrons. The maximum atomic E-state index is 11.9. The van der Waals surface area contributed by atoms with Gasteiger partial charge in [-0.1, -0.05) is 13.8 Å². The molecular formula is C13H23N3O2. The molecule has 0 aliphatic carbocycles. The lowest BCUT2D eigenvalue weighted by Gasteiger charge is -2.19. The first-order valence-corrected chi connectivity index (χ1v) is 6.26. The van der Waals surface area contributed by atoms with Gasteiger partial charge in [0, 0.05) is 18.3 Å². The Morgan fingerprint density at radius 1 is 1.44 bits per heavy atom. The van der Waals surface area contributed by atoms with E-state index in [0.717, 1.165) is 17.0 Å². The first kappa shape index (κ1) is 14.7. The average Bonchev–Trinajstić information content (AvgIpc) is 2.52. The van der Waals surface area contributed by atoms with E-state index >= 15 is 0 Å². The van der Waals surface area contributed by atoms with Gasteiger partial charge in [0.05, 0.1) is 24.8 Å². The summed E-state index contributed by atoms with van der Waals surface area (Å²) in [6.45, 7) is 7.77. The van der Waals surface area contributed by atoms with Crippen LogP contribution in [0.2, 0.25) is 0 Å². The highest BCUT2D eigenvalue weighted by Gasteiger charge is 2.18. The van der Waals surface area contributed by atoms with E-state index in [4.69, 9.17) is 0 Å². The van der Waals surface area contributed by atoms with E-state index in [1.165, 1.54) is 0 Å².